The summed E-state index contributed by atoms with van der Waals surface area (Å²) in [6, 6.07) is 13.7. The van der Waals surface area contributed by atoms with Gasteiger partial charge in [0.2, 0.25) is 23.5 Å². The summed E-state index contributed by atoms with van der Waals surface area (Å²) >= 11 is 0. The number of nitrogens with zero attached hydrogens (tertiary/aromatic N) is 3. The van der Waals surface area contributed by atoms with Crippen molar-refractivity contribution >= 4 is 23.6 Å². The maximum Gasteiger partial charge on any atom is 0.274 e. The molecule has 5 rings (SSSR count). The van der Waals surface area contributed by atoms with Crippen molar-refractivity contribution in [3.63, 3.8) is 0 Å². The van der Waals surface area contributed by atoms with Gasteiger partial charge in [0.1, 0.15) is 23.9 Å². The van der Waals surface area contributed by atoms with E-state index in [2.05, 4.69) is 36.4 Å². The molecule has 0 saturated carbocycles. The lowest BCUT2D eigenvalue weighted by atomic mass is 10.0. The third-order valence-corrected chi connectivity index (χ3v) is 7.70. The van der Waals surface area contributed by atoms with Crippen molar-refractivity contribution in [1.82, 2.24) is 36.4 Å². The van der Waals surface area contributed by atoms with Gasteiger partial charge in [0.25, 0.3) is 17.7 Å². The van der Waals surface area contributed by atoms with Gasteiger partial charge in [0, 0.05) is 12.1 Å². The van der Waals surface area contributed by atoms with E-state index >= 15 is 0 Å². The molecule has 0 unspecified atom stereocenters. The van der Waals surface area contributed by atoms with Crippen LogP contribution in [0, 0.1) is 12.8 Å². The van der Waals surface area contributed by atoms with Gasteiger partial charge < -0.3 is 30.2 Å². The molecule has 0 radical (unpaired) electrons. The SMILES string of the molecule is Cc1oc2nc1C(=O)N[C@H](C)C(=O)NCCCC[C@H](NC(=O)c1ccccc1-c1nc(-c3ccccc3)no1)C(=O)N[C@H]2C(C)C. The van der Waals surface area contributed by atoms with Gasteiger partial charge >= 0.3 is 0 Å². The van der Waals surface area contributed by atoms with Gasteiger partial charge in [-0.15, -0.1) is 0 Å². The van der Waals surface area contributed by atoms with Crippen LogP contribution in [0.2, 0.25) is 0 Å². The van der Waals surface area contributed by atoms with E-state index in [9.17, 15) is 19.2 Å². The zero-order valence-electron chi connectivity index (χ0n) is 26.1. The molecule has 3 heterocycles. The number of benzene rings is 2. The Labute approximate surface area is 265 Å². The minimum atomic E-state index is -0.939. The molecule has 0 aliphatic carbocycles. The number of oxazole rings is 1. The van der Waals surface area contributed by atoms with Crippen molar-refractivity contribution in [2.24, 2.45) is 5.92 Å². The van der Waals surface area contributed by atoms with Crippen LogP contribution >= 0.6 is 0 Å². The maximum atomic E-state index is 13.8. The second kappa shape index (κ2) is 14.2. The van der Waals surface area contributed by atoms with Crippen LogP contribution in [0.3, 0.4) is 0 Å². The number of amides is 4. The standard InChI is InChI=1S/C33H37N7O6/c1-18(2)25-33-38-26(20(4)45-33)31(44)35-19(3)28(41)34-17-11-10-16-24(30(43)37-25)36-29(42)22-14-8-9-15-23(22)32-39-27(40-46-32)21-12-6-5-7-13-21/h5-9,12-15,18-19,24-25H,10-11,16-17H2,1-4H3,(H,34,41)(H,35,44)(H,36,42)(H,37,43)/t19-,24+,25+/m1/s1. The Morgan fingerprint density at radius 3 is 2.46 bits per heavy atom. The fourth-order valence-electron chi connectivity index (χ4n) is 5.11. The van der Waals surface area contributed by atoms with E-state index in [4.69, 9.17) is 8.94 Å². The highest BCUT2D eigenvalue weighted by Crippen LogP contribution is 2.27. The number of aryl methyl sites for hydroxylation is 1. The first-order valence-electron chi connectivity index (χ1n) is 15.3. The average Bonchev–Trinajstić information content (AvgIpc) is 3.69. The lowest BCUT2D eigenvalue weighted by Gasteiger charge is -2.24. The molecular weight excluding hydrogens is 590 g/mol. The Balaban J connectivity index is 1.41. The summed E-state index contributed by atoms with van der Waals surface area (Å²) in [6.07, 6.45) is 1.35. The molecule has 4 amide bonds. The molecule has 240 valence electrons. The van der Waals surface area contributed by atoms with Crippen LogP contribution < -0.4 is 21.3 Å². The molecule has 0 spiro atoms. The van der Waals surface area contributed by atoms with Gasteiger partial charge in [0.15, 0.2) is 5.69 Å². The molecule has 0 fully saturated rings. The highest BCUT2D eigenvalue weighted by atomic mass is 16.5. The highest BCUT2D eigenvalue weighted by molar-refractivity contribution is 6.02. The maximum absolute atomic E-state index is 13.8. The molecule has 1 aliphatic rings. The minimum absolute atomic E-state index is 0.0274. The molecule has 2 bridgehead atoms. The molecular formula is C33H37N7O6. The molecule has 4 N–H and O–H groups in total. The second-order valence-corrected chi connectivity index (χ2v) is 11.5. The predicted octanol–water partition coefficient (Wildman–Crippen LogP) is 3.73. The molecule has 0 saturated heterocycles. The van der Waals surface area contributed by atoms with E-state index < -0.39 is 35.8 Å². The summed E-state index contributed by atoms with van der Waals surface area (Å²) in [4.78, 5) is 61.9. The van der Waals surface area contributed by atoms with Crippen molar-refractivity contribution in [3.05, 3.63) is 77.5 Å². The van der Waals surface area contributed by atoms with E-state index in [1.54, 1.807) is 38.1 Å². The number of aromatic nitrogens is 3. The number of hydrogen-bond donors (Lipinski definition) is 4. The fraction of sp³-hybridized carbons (Fsp3) is 0.364. The molecule has 1 aliphatic heterocycles. The smallest absolute Gasteiger partial charge is 0.274 e. The van der Waals surface area contributed by atoms with Gasteiger partial charge in [-0.3, -0.25) is 19.2 Å². The lowest BCUT2D eigenvalue weighted by Crippen LogP contribution is -2.48. The zero-order valence-corrected chi connectivity index (χ0v) is 26.1. The highest BCUT2D eigenvalue weighted by Gasteiger charge is 2.31. The van der Waals surface area contributed by atoms with Crippen molar-refractivity contribution in [3.8, 4) is 22.8 Å². The minimum Gasteiger partial charge on any atom is -0.443 e. The topological polar surface area (TPSA) is 181 Å². The molecule has 13 nitrogen and oxygen atoms in total. The molecule has 2 aromatic heterocycles. The third-order valence-electron chi connectivity index (χ3n) is 7.70. The Bertz CT molecular complexity index is 1710. The first-order valence-corrected chi connectivity index (χ1v) is 15.3. The Kier molecular flexibility index (Phi) is 9.89. The van der Waals surface area contributed by atoms with E-state index in [-0.39, 0.29) is 40.6 Å². The molecule has 2 aromatic carbocycles. The number of rotatable bonds is 5. The Morgan fingerprint density at radius 2 is 1.70 bits per heavy atom. The first kappa shape index (κ1) is 32.1. The summed E-state index contributed by atoms with van der Waals surface area (Å²) in [5.41, 5.74) is 1.47. The van der Waals surface area contributed by atoms with E-state index in [1.165, 1.54) is 0 Å². The number of hydrogen-bond acceptors (Lipinski definition) is 9. The number of nitrogens with one attached hydrogen (secondary N) is 4. The Morgan fingerprint density at radius 1 is 0.957 bits per heavy atom. The Hall–Kier alpha value is -5.33. The average molecular weight is 628 g/mol. The summed E-state index contributed by atoms with van der Waals surface area (Å²) in [5, 5.41) is 15.4. The van der Waals surface area contributed by atoms with E-state index in [1.807, 2.05) is 44.2 Å². The zero-order chi connectivity index (χ0) is 32.8. The van der Waals surface area contributed by atoms with Crippen LogP contribution in [0.25, 0.3) is 22.8 Å². The van der Waals surface area contributed by atoms with Crippen LogP contribution in [0.4, 0.5) is 0 Å². The largest absolute Gasteiger partial charge is 0.443 e. The molecule has 4 aromatic rings. The van der Waals surface area contributed by atoms with Crippen molar-refractivity contribution in [2.45, 2.75) is 65.1 Å². The number of carbonyl (C=O) groups excluding carboxylic acids is 4. The van der Waals surface area contributed by atoms with Crippen LogP contribution in [-0.4, -0.2) is 57.4 Å². The van der Waals surface area contributed by atoms with Gasteiger partial charge in [-0.2, -0.15) is 4.98 Å². The van der Waals surface area contributed by atoms with Crippen molar-refractivity contribution < 1.29 is 28.1 Å². The second-order valence-electron chi connectivity index (χ2n) is 11.5. The predicted molar refractivity (Wildman–Crippen MR) is 167 cm³/mol. The van der Waals surface area contributed by atoms with Gasteiger partial charge in [-0.05, 0) is 51.2 Å². The summed E-state index contributed by atoms with van der Waals surface area (Å²) in [6.45, 7) is 7.27. The molecule has 3 atom stereocenters. The van der Waals surface area contributed by atoms with Crippen molar-refractivity contribution in [1.29, 1.82) is 0 Å². The molecule has 46 heavy (non-hydrogen) atoms. The summed E-state index contributed by atoms with van der Waals surface area (Å²) < 4.78 is 11.4. The van der Waals surface area contributed by atoms with Crippen LogP contribution in [0.1, 0.15) is 78.6 Å². The van der Waals surface area contributed by atoms with Gasteiger partial charge in [-0.1, -0.05) is 61.5 Å². The normalized spacial score (nSPS) is 19.7. The van der Waals surface area contributed by atoms with E-state index in [0.29, 0.717) is 37.2 Å². The van der Waals surface area contributed by atoms with Gasteiger partial charge in [0.05, 0.1) is 11.1 Å². The van der Waals surface area contributed by atoms with Crippen LogP contribution in [0.15, 0.2) is 63.5 Å². The monoisotopic (exact) mass is 627 g/mol. The van der Waals surface area contributed by atoms with Crippen LogP contribution in [0.5, 0.6) is 0 Å². The van der Waals surface area contributed by atoms with Gasteiger partial charge in [-0.25, -0.2) is 4.98 Å². The number of carbonyl (C=O) groups is 4. The first-order chi connectivity index (χ1) is 22.1. The quantitative estimate of drug-likeness (QED) is 0.256. The lowest BCUT2D eigenvalue weighted by molar-refractivity contribution is -0.124. The van der Waals surface area contributed by atoms with Crippen LogP contribution in [-0.2, 0) is 9.59 Å². The number of fused-ring (bicyclic) bond motifs is 2. The van der Waals surface area contributed by atoms with Crippen molar-refractivity contribution in [2.75, 3.05) is 6.54 Å². The van der Waals surface area contributed by atoms with E-state index in [0.717, 1.165) is 5.56 Å². The summed E-state index contributed by atoms with van der Waals surface area (Å²) in [7, 11) is 0. The summed E-state index contributed by atoms with van der Waals surface area (Å²) in [5.74, 6) is -1.08. The third kappa shape index (κ3) is 7.31. The fourth-order valence-corrected chi connectivity index (χ4v) is 5.11. The molecule has 13 heteroatoms.